The van der Waals surface area contributed by atoms with Crippen molar-refractivity contribution < 1.29 is 24.7 Å². The van der Waals surface area contributed by atoms with E-state index in [4.69, 9.17) is 31.4 Å². The molecule has 1 heterocycles. The molecule has 3 aromatic rings. The minimum atomic E-state index is -2.07. The van der Waals surface area contributed by atoms with E-state index in [1.807, 2.05) is 6.07 Å². The van der Waals surface area contributed by atoms with Crippen molar-refractivity contribution in [2.75, 3.05) is 20.6 Å². The molecule has 0 fully saturated rings. The van der Waals surface area contributed by atoms with Gasteiger partial charge < -0.3 is 24.5 Å². The minimum Gasteiger partial charge on any atom is -0.539 e. The van der Waals surface area contributed by atoms with Crippen molar-refractivity contribution in [1.29, 1.82) is 0 Å². The number of fused-ring (bicyclic) bond motifs is 3. The number of aliphatic carboxylic acids is 2. The maximum absolute atomic E-state index is 9.04. The van der Waals surface area contributed by atoms with E-state index in [1.165, 1.54) is 39.7 Å². The van der Waals surface area contributed by atoms with Crippen LogP contribution in [0.1, 0.15) is 6.42 Å². The van der Waals surface area contributed by atoms with Crippen LogP contribution in [-0.2, 0) is 16.1 Å². The zero-order valence-electron chi connectivity index (χ0n) is 14.7. The van der Waals surface area contributed by atoms with Gasteiger partial charge in [-0.15, -0.1) is 0 Å². The number of quaternary nitrogens is 1. The lowest BCUT2D eigenvalue weighted by Gasteiger charge is -2.10. The molecule has 0 saturated heterocycles. The predicted octanol–water partition coefficient (Wildman–Crippen LogP) is 0.803. The van der Waals surface area contributed by atoms with Crippen molar-refractivity contribution in [2.24, 2.45) is 0 Å². The molecule has 0 radical (unpaired) electrons. The highest BCUT2D eigenvalue weighted by Crippen LogP contribution is 2.30. The van der Waals surface area contributed by atoms with Gasteiger partial charge in [-0.1, -0.05) is 35.9 Å². The van der Waals surface area contributed by atoms with Gasteiger partial charge >= 0.3 is 5.97 Å². The van der Waals surface area contributed by atoms with Crippen LogP contribution in [0.5, 0.6) is 0 Å². The topological polar surface area (TPSA) is 86.8 Å². The normalized spacial score (nSPS) is 10.8. The summed E-state index contributed by atoms with van der Waals surface area (Å²) in [6.45, 7) is 2.21. The summed E-state index contributed by atoms with van der Waals surface area (Å²) < 4.78 is 2.40. The third-order valence-electron chi connectivity index (χ3n) is 3.97. The molecule has 26 heavy (non-hydrogen) atoms. The first-order valence-corrected chi connectivity index (χ1v) is 8.59. The second-order valence-corrected chi connectivity index (χ2v) is 6.67. The number of nitrogens with one attached hydrogen (secondary N) is 1. The van der Waals surface area contributed by atoms with Crippen molar-refractivity contribution in [3.8, 4) is 0 Å². The molecular weight excluding hydrogens is 356 g/mol. The smallest absolute Gasteiger partial charge is 0.351 e. The molecule has 0 unspecified atom stereocenters. The lowest BCUT2D eigenvalue weighted by molar-refractivity contribution is -0.858. The Morgan fingerprint density at radius 2 is 1.73 bits per heavy atom. The van der Waals surface area contributed by atoms with Gasteiger partial charge in [-0.05, 0) is 18.2 Å². The van der Waals surface area contributed by atoms with Crippen LogP contribution in [0.2, 0.25) is 5.02 Å². The highest BCUT2D eigenvalue weighted by molar-refractivity contribution is 6.31. The molecule has 0 bridgehead atoms. The van der Waals surface area contributed by atoms with Gasteiger partial charge in [0.1, 0.15) is 0 Å². The molecule has 0 spiro atoms. The largest absolute Gasteiger partial charge is 0.539 e. The minimum absolute atomic E-state index is 0.805. The van der Waals surface area contributed by atoms with E-state index in [1.54, 1.807) is 0 Å². The standard InChI is InChI=1S/C17H19ClN2.C2H2O4/c1-19(2)10-5-11-20-16-7-4-3-6-14(16)15-9-8-13(18)12-17(15)20;3-1(4)2(5)6/h3-4,6-9,12H,5,10-11H2,1-2H3;(H,3,4)(H,5,6). The molecule has 2 N–H and O–H groups in total. The van der Waals surface area contributed by atoms with Gasteiger partial charge in [0.2, 0.25) is 0 Å². The highest BCUT2D eigenvalue weighted by Gasteiger charge is 2.10. The van der Waals surface area contributed by atoms with Crippen molar-refractivity contribution in [3.63, 3.8) is 0 Å². The number of nitrogens with zero attached hydrogens (tertiary/aromatic N) is 1. The van der Waals surface area contributed by atoms with E-state index in [2.05, 4.69) is 55.1 Å². The predicted molar refractivity (Wildman–Crippen MR) is 99.4 cm³/mol. The van der Waals surface area contributed by atoms with Gasteiger partial charge in [0, 0.05) is 34.3 Å². The number of hydrogen-bond acceptors (Lipinski definition) is 3. The van der Waals surface area contributed by atoms with Crippen molar-refractivity contribution in [1.82, 2.24) is 4.57 Å². The van der Waals surface area contributed by atoms with Crippen LogP contribution in [0, 0.1) is 0 Å². The van der Waals surface area contributed by atoms with Crippen LogP contribution in [0.3, 0.4) is 0 Å². The van der Waals surface area contributed by atoms with E-state index >= 15 is 0 Å². The summed E-state index contributed by atoms with van der Waals surface area (Å²) >= 11 is 6.19. The summed E-state index contributed by atoms with van der Waals surface area (Å²) in [6, 6.07) is 14.8. The lowest BCUT2D eigenvalue weighted by Crippen LogP contribution is -3.05. The van der Waals surface area contributed by atoms with E-state index in [0.717, 1.165) is 11.6 Å². The molecule has 7 heteroatoms. The molecule has 138 valence electrons. The van der Waals surface area contributed by atoms with Crippen molar-refractivity contribution in [3.05, 3.63) is 47.5 Å². The summed E-state index contributed by atoms with van der Waals surface area (Å²) in [5, 5.41) is 19.7. The number of carbonyl (C=O) groups excluding carboxylic acids is 1. The number of aromatic nitrogens is 1. The number of aryl methyl sites for hydroxylation is 1. The average Bonchev–Trinajstić information content (AvgIpc) is 2.88. The summed E-state index contributed by atoms with van der Waals surface area (Å²) in [6.07, 6.45) is 1.17. The maximum Gasteiger partial charge on any atom is 0.351 e. The third kappa shape index (κ3) is 4.74. The van der Waals surface area contributed by atoms with Crippen LogP contribution in [0.4, 0.5) is 0 Å². The number of rotatable bonds is 4. The summed E-state index contributed by atoms with van der Waals surface area (Å²) in [7, 11) is 4.39. The van der Waals surface area contributed by atoms with Gasteiger partial charge in [0.05, 0.1) is 26.2 Å². The van der Waals surface area contributed by atoms with Crippen LogP contribution >= 0.6 is 11.6 Å². The quantitative estimate of drug-likeness (QED) is 0.659. The van der Waals surface area contributed by atoms with Crippen molar-refractivity contribution >= 4 is 45.3 Å². The molecule has 0 aliphatic rings. The summed E-state index contributed by atoms with van der Waals surface area (Å²) in [5.74, 6) is -4.01. The number of benzene rings is 2. The Morgan fingerprint density at radius 3 is 2.35 bits per heavy atom. The molecule has 0 saturated carbocycles. The molecule has 0 aliphatic carbocycles. The lowest BCUT2D eigenvalue weighted by atomic mass is 10.2. The number of carboxylic acid groups (broad SMARTS) is 2. The van der Waals surface area contributed by atoms with Crippen LogP contribution in [0.25, 0.3) is 21.8 Å². The number of halogens is 1. The molecule has 0 atom stereocenters. The molecule has 6 nitrogen and oxygen atoms in total. The monoisotopic (exact) mass is 376 g/mol. The SMILES string of the molecule is C[NH+](C)CCCn1c2ccccc2c2ccc(Cl)cc21.O=C([O-])C(=O)O. The Morgan fingerprint density at radius 1 is 1.12 bits per heavy atom. The highest BCUT2D eigenvalue weighted by atomic mass is 35.5. The molecule has 3 rings (SSSR count). The van der Waals surface area contributed by atoms with Crippen LogP contribution < -0.4 is 10.0 Å². The molecule has 0 aliphatic heterocycles. The zero-order chi connectivity index (χ0) is 19.3. The van der Waals surface area contributed by atoms with Gasteiger partial charge in [-0.25, -0.2) is 4.79 Å². The summed E-state index contributed by atoms with van der Waals surface area (Å²) in [4.78, 5) is 19.5. The van der Waals surface area contributed by atoms with E-state index in [-0.39, 0.29) is 0 Å². The zero-order valence-corrected chi connectivity index (χ0v) is 15.4. The number of carbonyl (C=O) groups is 2. The van der Waals surface area contributed by atoms with Gasteiger partial charge in [-0.2, -0.15) is 0 Å². The first kappa shape index (κ1) is 19.8. The Kier molecular flexibility index (Phi) is 6.60. The molecular formula is C19H21ClN2O4. The van der Waals surface area contributed by atoms with E-state index < -0.39 is 11.9 Å². The Balaban J connectivity index is 0.000000352. The van der Waals surface area contributed by atoms with Gasteiger partial charge in [0.15, 0.2) is 5.97 Å². The fourth-order valence-corrected chi connectivity index (χ4v) is 3.02. The third-order valence-corrected chi connectivity index (χ3v) is 4.20. The van der Waals surface area contributed by atoms with Crippen LogP contribution in [-0.4, -0.2) is 42.3 Å². The summed E-state index contributed by atoms with van der Waals surface area (Å²) in [5.41, 5.74) is 2.55. The molecule has 0 amide bonds. The fourth-order valence-electron chi connectivity index (χ4n) is 2.85. The first-order chi connectivity index (χ1) is 12.3. The Hall–Kier alpha value is -2.57. The fraction of sp³-hybridized carbons (Fsp3) is 0.263. The second-order valence-electron chi connectivity index (χ2n) is 6.23. The van der Waals surface area contributed by atoms with E-state index in [9.17, 15) is 0 Å². The van der Waals surface area contributed by atoms with E-state index in [0.29, 0.717) is 0 Å². The molecule has 2 aromatic carbocycles. The number of hydrogen-bond donors (Lipinski definition) is 2. The Bertz CT molecular complexity index is 922. The number of para-hydroxylation sites is 1. The maximum atomic E-state index is 9.04. The Labute approximate surface area is 156 Å². The first-order valence-electron chi connectivity index (χ1n) is 8.21. The van der Waals surface area contributed by atoms with Crippen molar-refractivity contribution in [2.45, 2.75) is 13.0 Å². The number of carboxylic acids is 2. The molecule has 1 aromatic heterocycles. The van der Waals surface area contributed by atoms with Crippen LogP contribution in [0.15, 0.2) is 42.5 Å². The van der Waals surface area contributed by atoms with Gasteiger partial charge in [-0.3, -0.25) is 0 Å². The second kappa shape index (κ2) is 8.69. The average molecular weight is 377 g/mol. The van der Waals surface area contributed by atoms with Gasteiger partial charge in [0.25, 0.3) is 0 Å².